The van der Waals surface area contributed by atoms with Gasteiger partial charge in [-0.1, -0.05) is 29.8 Å². The molecule has 20 heavy (non-hydrogen) atoms. The van der Waals surface area contributed by atoms with E-state index in [0.717, 1.165) is 5.56 Å². The van der Waals surface area contributed by atoms with Gasteiger partial charge in [-0.15, -0.1) is 0 Å². The van der Waals surface area contributed by atoms with Gasteiger partial charge in [-0.25, -0.2) is 0 Å². The van der Waals surface area contributed by atoms with Crippen molar-refractivity contribution in [2.75, 3.05) is 26.3 Å². The summed E-state index contributed by atoms with van der Waals surface area (Å²) in [6.07, 6.45) is -0.134. The molecule has 0 atom stereocenters. The lowest BCUT2D eigenvalue weighted by Crippen LogP contribution is -2.42. The van der Waals surface area contributed by atoms with E-state index in [2.05, 4.69) is 5.32 Å². The first kappa shape index (κ1) is 14.8. The first-order valence-corrected chi connectivity index (χ1v) is 6.90. The largest absolute Gasteiger partial charge is 0.378 e. The van der Waals surface area contributed by atoms with Crippen LogP contribution in [0.5, 0.6) is 0 Å². The average molecular weight is 297 g/mol. The Morgan fingerprint density at radius 2 is 1.95 bits per heavy atom. The Morgan fingerprint density at radius 3 is 2.65 bits per heavy atom. The van der Waals surface area contributed by atoms with E-state index in [4.69, 9.17) is 16.3 Å². The highest BCUT2D eigenvalue weighted by molar-refractivity contribution is 6.31. The molecule has 1 heterocycles. The molecule has 108 valence electrons. The minimum absolute atomic E-state index is 0.134. The predicted molar refractivity (Wildman–Crippen MR) is 75.3 cm³/mol. The number of morpholine rings is 1. The van der Waals surface area contributed by atoms with E-state index in [1.165, 1.54) is 0 Å². The SMILES string of the molecule is O=C(CC(=O)N1CCOCC1)NCc1ccccc1Cl. The van der Waals surface area contributed by atoms with Gasteiger partial charge in [0, 0.05) is 24.7 Å². The van der Waals surface area contributed by atoms with E-state index in [-0.39, 0.29) is 18.2 Å². The summed E-state index contributed by atoms with van der Waals surface area (Å²) in [5, 5.41) is 3.31. The normalized spacial score (nSPS) is 14.9. The summed E-state index contributed by atoms with van der Waals surface area (Å²) >= 11 is 5.99. The van der Waals surface area contributed by atoms with Gasteiger partial charge in [0.1, 0.15) is 6.42 Å². The lowest BCUT2D eigenvalue weighted by atomic mass is 10.2. The number of carbonyl (C=O) groups excluding carboxylic acids is 2. The van der Waals surface area contributed by atoms with Gasteiger partial charge in [0.05, 0.1) is 13.2 Å². The van der Waals surface area contributed by atoms with Crippen LogP contribution in [0.25, 0.3) is 0 Å². The van der Waals surface area contributed by atoms with Gasteiger partial charge >= 0.3 is 0 Å². The third-order valence-electron chi connectivity index (χ3n) is 3.11. The molecule has 1 fully saturated rings. The summed E-state index contributed by atoms with van der Waals surface area (Å²) < 4.78 is 5.16. The Balaban J connectivity index is 1.77. The average Bonchev–Trinajstić information content (AvgIpc) is 2.47. The third kappa shape index (κ3) is 4.21. The first-order chi connectivity index (χ1) is 9.66. The third-order valence-corrected chi connectivity index (χ3v) is 3.48. The zero-order valence-electron chi connectivity index (χ0n) is 11.1. The Kier molecular flexibility index (Phi) is 5.38. The maximum Gasteiger partial charge on any atom is 0.232 e. The van der Waals surface area contributed by atoms with Crippen LogP contribution in [0.3, 0.4) is 0 Å². The molecule has 1 aromatic rings. The fourth-order valence-electron chi connectivity index (χ4n) is 1.96. The molecule has 1 aliphatic heterocycles. The highest BCUT2D eigenvalue weighted by atomic mass is 35.5. The van der Waals surface area contributed by atoms with E-state index in [0.29, 0.717) is 37.9 Å². The van der Waals surface area contributed by atoms with Crippen molar-refractivity contribution in [2.24, 2.45) is 0 Å². The van der Waals surface area contributed by atoms with Gasteiger partial charge in [0.2, 0.25) is 11.8 Å². The van der Waals surface area contributed by atoms with Crippen molar-refractivity contribution in [3.8, 4) is 0 Å². The lowest BCUT2D eigenvalue weighted by molar-refractivity contribution is -0.139. The number of hydrogen-bond acceptors (Lipinski definition) is 3. The van der Waals surface area contributed by atoms with Gasteiger partial charge in [0.25, 0.3) is 0 Å². The molecule has 0 saturated carbocycles. The molecule has 2 rings (SSSR count). The van der Waals surface area contributed by atoms with Crippen molar-refractivity contribution in [1.29, 1.82) is 0 Å². The minimum atomic E-state index is -0.290. The molecule has 0 bridgehead atoms. The molecule has 6 heteroatoms. The number of rotatable bonds is 4. The van der Waals surface area contributed by atoms with Crippen molar-refractivity contribution >= 4 is 23.4 Å². The molecule has 1 aromatic carbocycles. The van der Waals surface area contributed by atoms with Crippen LogP contribution in [0.15, 0.2) is 24.3 Å². The second-order valence-electron chi connectivity index (χ2n) is 4.54. The molecule has 1 aliphatic rings. The van der Waals surface area contributed by atoms with Crippen LogP contribution >= 0.6 is 11.6 Å². The van der Waals surface area contributed by atoms with Crippen LogP contribution in [0, 0.1) is 0 Å². The van der Waals surface area contributed by atoms with Gasteiger partial charge in [-0.3, -0.25) is 9.59 Å². The number of benzene rings is 1. The number of hydrogen-bond donors (Lipinski definition) is 1. The van der Waals surface area contributed by atoms with Crippen molar-refractivity contribution in [2.45, 2.75) is 13.0 Å². The molecule has 0 spiro atoms. The molecular formula is C14H17ClN2O3. The molecule has 0 aliphatic carbocycles. The highest BCUT2D eigenvalue weighted by Crippen LogP contribution is 2.14. The van der Waals surface area contributed by atoms with Crippen LogP contribution in [0.1, 0.15) is 12.0 Å². The van der Waals surface area contributed by atoms with Crippen molar-refractivity contribution in [1.82, 2.24) is 10.2 Å². The second kappa shape index (κ2) is 7.26. The predicted octanol–water partition coefficient (Wildman–Crippen LogP) is 1.21. The van der Waals surface area contributed by atoms with Gasteiger partial charge in [-0.05, 0) is 11.6 Å². The molecule has 0 aromatic heterocycles. The van der Waals surface area contributed by atoms with E-state index in [1.54, 1.807) is 11.0 Å². The Bertz CT molecular complexity index is 487. The number of ether oxygens (including phenoxy) is 1. The topological polar surface area (TPSA) is 58.6 Å². The summed E-state index contributed by atoms with van der Waals surface area (Å²) in [4.78, 5) is 25.3. The van der Waals surface area contributed by atoms with Crippen molar-refractivity contribution < 1.29 is 14.3 Å². The van der Waals surface area contributed by atoms with Crippen molar-refractivity contribution in [3.63, 3.8) is 0 Å². The Labute approximate surface area is 122 Å². The van der Waals surface area contributed by atoms with Crippen LogP contribution in [-0.2, 0) is 20.9 Å². The number of amides is 2. The maximum absolute atomic E-state index is 11.9. The fourth-order valence-corrected chi connectivity index (χ4v) is 2.16. The zero-order valence-corrected chi connectivity index (χ0v) is 11.9. The van der Waals surface area contributed by atoms with Crippen LogP contribution in [0.4, 0.5) is 0 Å². The first-order valence-electron chi connectivity index (χ1n) is 6.52. The molecule has 2 amide bonds. The molecule has 0 radical (unpaired) electrons. The number of halogens is 1. The molecule has 1 N–H and O–H groups in total. The van der Waals surface area contributed by atoms with E-state index in [1.807, 2.05) is 18.2 Å². The Morgan fingerprint density at radius 1 is 1.25 bits per heavy atom. The van der Waals surface area contributed by atoms with Gasteiger partial charge in [0.15, 0.2) is 0 Å². The number of nitrogens with one attached hydrogen (secondary N) is 1. The van der Waals surface area contributed by atoms with E-state index in [9.17, 15) is 9.59 Å². The summed E-state index contributed by atoms with van der Waals surface area (Å²) in [7, 11) is 0. The number of nitrogens with zero attached hydrogens (tertiary/aromatic N) is 1. The molecular weight excluding hydrogens is 280 g/mol. The van der Waals surface area contributed by atoms with Crippen LogP contribution in [-0.4, -0.2) is 43.0 Å². The zero-order chi connectivity index (χ0) is 14.4. The summed E-state index contributed by atoms with van der Waals surface area (Å²) in [6, 6.07) is 7.29. The van der Waals surface area contributed by atoms with Crippen molar-refractivity contribution in [3.05, 3.63) is 34.9 Å². The Hall–Kier alpha value is -1.59. The highest BCUT2D eigenvalue weighted by Gasteiger charge is 2.19. The minimum Gasteiger partial charge on any atom is -0.378 e. The van der Waals surface area contributed by atoms with Crippen LogP contribution in [0.2, 0.25) is 5.02 Å². The second-order valence-corrected chi connectivity index (χ2v) is 4.95. The standard InChI is InChI=1S/C14H17ClN2O3/c15-12-4-2-1-3-11(12)10-16-13(18)9-14(19)17-5-7-20-8-6-17/h1-4H,5-10H2,(H,16,18). The molecule has 5 nitrogen and oxygen atoms in total. The maximum atomic E-state index is 11.9. The lowest BCUT2D eigenvalue weighted by Gasteiger charge is -2.26. The molecule has 1 saturated heterocycles. The monoisotopic (exact) mass is 296 g/mol. The quantitative estimate of drug-likeness (QED) is 0.850. The van der Waals surface area contributed by atoms with E-state index < -0.39 is 0 Å². The van der Waals surface area contributed by atoms with E-state index >= 15 is 0 Å². The summed E-state index contributed by atoms with van der Waals surface area (Å²) in [6.45, 7) is 2.50. The van der Waals surface area contributed by atoms with Crippen LogP contribution < -0.4 is 5.32 Å². The summed E-state index contributed by atoms with van der Waals surface area (Å²) in [5.74, 6) is -0.452. The van der Waals surface area contributed by atoms with Gasteiger partial charge in [-0.2, -0.15) is 0 Å². The number of carbonyl (C=O) groups is 2. The molecule has 0 unspecified atom stereocenters. The smallest absolute Gasteiger partial charge is 0.232 e. The summed E-state index contributed by atoms with van der Waals surface area (Å²) in [5.41, 5.74) is 0.835. The fraction of sp³-hybridized carbons (Fsp3) is 0.429. The van der Waals surface area contributed by atoms with Gasteiger partial charge < -0.3 is 15.0 Å².